The van der Waals surface area contributed by atoms with E-state index in [2.05, 4.69) is 114 Å². The van der Waals surface area contributed by atoms with Gasteiger partial charge in [-0.1, -0.05) is 114 Å². The van der Waals surface area contributed by atoms with Gasteiger partial charge in [-0.3, -0.25) is 0 Å². The minimum atomic E-state index is -0.449. The second-order valence-corrected chi connectivity index (χ2v) is 11.1. The highest BCUT2D eigenvalue weighted by Crippen LogP contribution is 2.57. The first kappa shape index (κ1) is 25.1. The molecule has 0 spiro atoms. The smallest absolute Gasteiger partial charge is 0.0714 e. The monoisotopic (exact) mass is 488 g/mol. The van der Waals surface area contributed by atoms with Crippen LogP contribution in [0.25, 0.3) is 11.1 Å². The van der Waals surface area contributed by atoms with Crippen molar-refractivity contribution in [3.05, 3.63) is 117 Å². The van der Waals surface area contributed by atoms with Crippen molar-refractivity contribution in [3.63, 3.8) is 0 Å². The Bertz CT molecular complexity index is 1360. The molecule has 2 heteroatoms. The van der Waals surface area contributed by atoms with Gasteiger partial charge in [0.05, 0.1) is 5.41 Å². The Hall–Kier alpha value is -3.52. The van der Waals surface area contributed by atoms with Crippen LogP contribution < -0.4 is 11.5 Å². The number of aryl methyl sites for hydroxylation is 2. The van der Waals surface area contributed by atoms with Crippen molar-refractivity contribution >= 4 is 11.4 Å². The third-order valence-electron chi connectivity index (χ3n) is 8.42. The fraction of sp³-hybridized carbons (Fsp3) is 0.314. The molecule has 190 valence electrons. The number of benzene rings is 4. The molecule has 0 saturated heterocycles. The number of nitrogens with two attached hydrogens (primary N) is 2. The molecule has 0 amide bonds. The third-order valence-corrected chi connectivity index (χ3v) is 8.42. The number of anilines is 2. The molecule has 1 aliphatic rings. The van der Waals surface area contributed by atoms with Crippen LogP contribution in [0.2, 0.25) is 0 Å². The van der Waals surface area contributed by atoms with Gasteiger partial charge < -0.3 is 11.5 Å². The summed E-state index contributed by atoms with van der Waals surface area (Å²) in [4.78, 5) is 0. The normalized spacial score (nSPS) is 13.7. The molecule has 4 aromatic rings. The third kappa shape index (κ3) is 3.69. The van der Waals surface area contributed by atoms with Crippen molar-refractivity contribution in [2.45, 2.75) is 71.6 Å². The predicted octanol–water partition coefficient (Wildman–Crippen LogP) is 8.59. The first-order valence-corrected chi connectivity index (χ1v) is 13.8. The Morgan fingerprint density at radius 1 is 0.595 bits per heavy atom. The Morgan fingerprint density at radius 2 is 0.973 bits per heavy atom. The Labute approximate surface area is 222 Å². The van der Waals surface area contributed by atoms with Gasteiger partial charge >= 0.3 is 0 Å². The summed E-state index contributed by atoms with van der Waals surface area (Å²) in [5.74, 6) is 0.663. The Morgan fingerprint density at radius 3 is 1.32 bits per heavy atom. The number of hydrogen-bond donors (Lipinski definition) is 2. The molecule has 0 radical (unpaired) electrons. The summed E-state index contributed by atoms with van der Waals surface area (Å²) in [6.07, 6.45) is 1.80. The molecular formula is C35H40N2. The van der Waals surface area contributed by atoms with Gasteiger partial charge in [-0.2, -0.15) is 0 Å². The lowest BCUT2D eigenvalue weighted by atomic mass is 9.65. The van der Waals surface area contributed by atoms with Crippen molar-refractivity contribution < 1.29 is 0 Å². The molecular weight excluding hydrogens is 448 g/mol. The molecule has 4 N–H and O–H groups in total. The molecule has 2 nitrogen and oxygen atoms in total. The summed E-state index contributed by atoms with van der Waals surface area (Å²) in [7, 11) is 0. The minimum absolute atomic E-state index is 0.332. The van der Waals surface area contributed by atoms with Crippen LogP contribution in [0.3, 0.4) is 0 Å². The van der Waals surface area contributed by atoms with E-state index in [1.807, 2.05) is 0 Å². The van der Waals surface area contributed by atoms with Crippen LogP contribution in [-0.2, 0) is 18.3 Å². The predicted molar refractivity (Wildman–Crippen MR) is 160 cm³/mol. The fourth-order valence-electron chi connectivity index (χ4n) is 6.47. The lowest BCUT2D eigenvalue weighted by Gasteiger charge is -2.36. The molecule has 0 aliphatic heterocycles. The highest BCUT2D eigenvalue weighted by molar-refractivity contribution is 5.87. The average molecular weight is 489 g/mol. The largest absolute Gasteiger partial charge is 0.398 e. The number of hydrogen-bond acceptors (Lipinski definition) is 2. The lowest BCUT2D eigenvalue weighted by molar-refractivity contribution is 0.749. The lowest BCUT2D eigenvalue weighted by Crippen LogP contribution is -2.30. The van der Waals surface area contributed by atoms with Gasteiger partial charge in [0.25, 0.3) is 0 Å². The highest BCUT2D eigenvalue weighted by Gasteiger charge is 2.46. The van der Waals surface area contributed by atoms with Crippen LogP contribution in [0.1, 0.15) is 97.9 Å². The first-order chi connectivity index (χ1) is 17.7. The van der Waals surface area contributed by atoms with Gasteiger partial charge in [-0.25, -0.2) is 0 Å². The van der Waals surface area contributed by atoms with Gasteiger partial charge in [0, 0.05) is 11.4 Å². The second kappa shape index (κ2) is 9.41. The molecule has 0 aromatic heterocycles. The molecule has 4 aromatic carbocycles. The van der Waals surface area contributed by atoms with E-state index in [9.17, 15) is 0 Å². The summed E-state index contributed by atoms with van der Waals surface area (Å²) in [5, 5.41) is 0. The topological polar surface area (TPSA) is 52.0 Å². The standard InChI is InChI=1S/C35H40N2/c1-7-23-17-25(19-29(21(3)4)33(23)36)35(26-18-24(8-2)34(37)30(20-26)22(5)6)31-15-11-9-13-27(31)28-14-10-12-16-32(28)35/h9-22H,7-8,36-37H2,1-6H3. The van der Waals surface area contributed by atoms with Gasteiger partial charge in [-0.15, -0.1) is 0 Å². The number of rotatable bonds is 6. The maximum Gasteiger partial charge on any atom is 0.0714 e. The van der Waals surface area contributed by atoms with Crippen LogP contribution in [0.5, 0.6) is 0 Å². The SMILES string of the molecule is CCc1cc(C2(c3cc(CC)c(N)c(C(C)C)c3)c3ccccc3-c3ccccc32)cc(C(C)C)c1N. The molecule has 0 atom stereocenters. The van der Waals surface area contributed by atoms with Crippen molar-refractivity contribution in [1.82, 2.24) is 0 Å². The summed E-state index contributed by atoms with van der Waals surface area (Å²) in [6.45, 7) is 13.4. The van der Waals surface area contributed by atoms with Crippen LogP contribution in [0.4, 0.5) is 11.4 Å². The molecule has 0 saturated carbocycles. The van der Waals surface area contributed by atoms with Crippen molar-refractivity contribution in [2.24, 2.45) is 0 Å². The van der Waals surface area contributed by atoms with Crippen LogP contribution in [-0.4, -0.2) is 0 Å². The minimum Gasteiger partial charge on any atom is -0.398 e. The maximum atomic E-state index is 6.75. The summed E-state index contributed by atoms with van der Waals surface area (Å²) in [6, 6.07) is 27.4. The summed E-state index contributed by atoms with van der Waals surface area (Å²) < 4.78 is 0. The van der Waals surface area contributed by atoms with Crippen LogP contribution >= 0.6 is 0 Å². The van der Waals surface area contributed by atoms with Crippen LogP contribution in [0, 0.1) is 0 Å². The van der Waals surface area contributed by atoms with Crippen molar-refractivity contribution in [1.29, 1.82) is 0 Å². The molecule has 0 unspecified atom stereocenters. The van der Waals surface area contributed by atoms with Crippen LogP contribution in [0.15, 0.2) is 72.8 Å². The number of fused-ring (bicyclic) bond motifs is 3. The van der Waals surface area contributed by atoms with E-state index in [-0.39, 0.29) is 0 Å². The molecule has 0 heterocycles. The zero-order chi connectivity index (χ0) is 26.5. The van der Waals surface area contributed by atoms with E-state index in [0.29, 0.717) is 11.8 Å². The highest BCUT2D eigenvalue weighted by atomic mass is 14.6. The quantitative estimate of drug-likeness (QED) is 0.235. The number of nitrogen functional groups attached to an aromatic ring is 2. The van der Waals surface area contributed by atoms with E-state index < -0.39 is 5.41 Å². The Balaban J connectivity index is 2.01. The maximum absolute atomic E-state index is 6.75. The van der Waals surface area contributed by atoms with E-state index in [4.69, 9.17) is 11.5 Å². The Kier molecular flexibility index (Phi) is 6.40. The van der Waals surface area contributed by atoms with Crippen molar-refractivity contribution in [3.8, 4) is 11.1 Å². The summed E-state index contributed by atoms with van der Waals surface area (Å²) in [5.41, 5.74) is 27.7. The average Bonchev–Trinajstić information content (AvgIpc) is 3.20. The molecule has 5 rings (SSSR count). The van der Waals surface area contributed by atoms with Gasteiger partial charge in [0.15, 0.2) is 0 Å². The van der Waals surface area contributed by atoms with Crippen molar-refractivity contribution in [2.75, 3.05) is 11.5 Å². The zero-order valence-corrected chi connectivity index (χ0v) is 23.2. The molecule has 37 heavy (non-hydrogen) atoms. The fourth-order valence-corrected chi connectivity index (χ4v) is 6.47. The second-order valence-electron chi connectivity index (χ2n) is 11.1. The molecule has 0 bridgehead atoms. The van der Waals surface area contributed by atoms with E-state index >= 15 is 0 Å². The van der Waals surface area contributed by atoms with Gasteiger partial charge in [0.1, 0.15) is 0 Å². The van der Waals surface area contributed by atoms with E-state index in [0.717, 1.165) is 24.2 Å². The van der Waals surface area contributed by atoms with Gasteiger partial charge in [0.2, 0.25) is 0 Å². The molecule has 1 aliphatic carbocycles. The first-order valence-electron chi connectivity index (χ1n) is 13.8. The molecule has 0 fully saturated rings. The van der Waals surface area contributed by atoms with E-state index in [1.54, 1.807) is 0 Å². The van der Waals surface area contributed by atoms with Gasteiger partial charge in [-0.05, 0) is 80.3 Å². The zero-order valence-electron chi connectivity index (χ0n) is 23.2. The summed E-state index contributed by atoms with van der Waals surface area (Å²) >= 11 is 0. The van der Waals surface area contributed by atoms with E-state index in [1.165, 1.54) is 55.6 Å².